The highest BCUT2D eigenvalue weighted by Gasteiger charge is 2.55. The maximum Gasteiger partial charge on any atom is 0.268 e. The van der Waals surface area contributed by atoms with E-state index in [9.17, 15) is 19.1 Å². The minimum Gasteiger partial charge on any atom is -0.390 e. The molecule has 2 unspecified atom stereocenters. The van der Waals surface area contributed by atoms with Crippen LogP contribution in [0.1, 0.15) is 71.1 Å². The number of hydrogen-bond donors (Lipinski definition) is 2. The van der Waals surface area contributed by atoms with Gasteiger partial charge in [0.1, 0.15) is 11.5 Å². The number of benzene rings is 1. The van der Waals surface area contributed by atoms with Crippen molar-refractivity contribution in [2.75, 3.05) is 0 Å². The van der Waals surface area contributed by atoms with Gasteiger partial charge in [0.05, 0.1) is 11.3 Å². The first-order valence-corrected chi connectivity index (χ1v) is 11.3. The summed E-state index contributed by atoms with van der Waals surface area (Å²) in [5, 5.41) is 14.1. The quantitative estimate of drug-likeness (QED) is 0.720. The molecule has 4 saturated carbocycles. The van der Waals surface area contributed by atoms with Crippen LogP contribution in [0.4, 0.5) is 4.39 Å². The Morgan fingerprint density at radius 1 is 1.19 bits per heavy atom. The molecule has 0 radical (unpaired) electrons. The summed E-state index contributed by atoms with van der Waals surface area (Å²) < 4.78 is 15.3. The van der Waals surface area contributed by atoms with Crippen LogP contribution in [0.3, 0.4) is 0 Å². The highest BCUT2D eigenvalue weighted by atomic mass is 19.1. The fraction of sp³-hybridized carbons (Fsp3) is 0.520. The molecule has 2 atom stereocenters. The van der Waals surface area contributed by atoms with Crippen LogP contribution in [0.25, 0.3) is 0 Å². The van der Waals surface area contributed by atoms with Crippen molar-refractivity contribution in [2.24, 2.45) is 24.8 Å². The van der Waals surface area contributed by atoms with E-state index in [0.29, 0.717) is 35.6 Å². The monoisotopic (exact) mass is 424 g/mol. The Labute approximate surface area is 181 Å². The molecule has 2 N–H and O–H groups in total. The Balaban J connectivity index is 1.41. The molecule has 1 amide bonds. The van der Waals surface area contributed by atoms with E-state index in [0.717, 1.165) is 37.7 Å². The van der Waals surface area contributed by atoms with Crippen LogP contribution in [0.15, 0.2) is 30.3 Å². The van der Waals surface area contributed by atoms with Gasteiger partial charge in [0, 0.05) is 18.7 Å². The van der Waals surface area contributed by atoms with Gasteiger partial charge in [-0.1, -0.05) is 19.1 Å². The third kappa shape index (κ3) is 3.41. The molecule has 1 aromatic heterocycles. The summed E-state index contributed by atoms with van der Waals surface area (Å²) in [6.07, 6.45) is 5.20. The van der Waals surface area contributed by atoms with Crippen LogP contribution < -0.4 is 5.32 Å². The second-order valence-electron chi connectivity index (χ2n) is 9.85. The molecule has 164 valence electrons. The van der Waals surface area contributed by atoms with Crippen LogP contribution in [0.5, 0.6) is 0 Å². The Morgan fingerprint density at radius 2 is 1.90 bits per heavy atom. The molecular formula is C25H29FN2O3. The zero-order chi connectivity index (χ0) is 21.9. The SMILES string of the molecule is CCc1cc(C(=O)c2cccc(F)c2)n(C)c1C(=O)NC1C2CC3CC1CC(O)(C3)C2. The van der Waals surface area contributed by atoms with Gasteiger partial charge in [-0.15, -0.1) is 0 Å². The van der Waals surface area contributed by atoms with E-state index in [-0.39, 0.29) is 23.3 Å². The van der Waals surface area contributed by atoms with Gasteiger partial charge in [-0.05, 0) is 80.0 Å². The number of amides is 1. The van der Waals surface area contributed by atoms with Crippen molar-refractivity contribution in [3.63, 3.8) is 0 Å². The first-order chi connectivity index (χ1) is 14.8. The van der Waals surface area contributed by atoms with Gasteiger partial charge < -0.3 is 15.0 Å². The van der Waals surface area contributed by atoms with Crippen LogP contribution in [0, 0.1) is 23.6 Å². The second kappa shape index (κ2) is 7.30. The van der Waals surface area contributed by atoms with E-state index in [1.54, 1.807) is 23.7 Å². The van der Waals surface area contributed by atoms with Gasteiger partial charge >= 0.3 is 0 Å². The van der Waals surface area contributed by atoms with Crippen LogP contribution >= 0.6 is 0 Å². The highest BCUT2D eigenvalue weighted by Crippen LogP contribution is 2.55. The Kier molecular flexibility index (Phi) is 4.81. The second-order valence-corrected chi connectivity index (χ2v) is 9.85. The molecule has 6 heteroatoms. The fourth-order valence-electron chi connectivity index (χ4n) is 6.67. The molecule has 4 bridgehead atoms. The fourth-order valence-corrected chi connectivity index (χ4v) is 6.67. The standard InChI is InChI=1S/C25H29FN2O3/c1-3-15-10-20(23(29)16-5-4-6-19(26)9-16)28(2)22(15)24(30)27-21-17-7-14-8-18(21)13-25(31,11-14)12-17/h4-6,9-10,14,17-18,21,31H,3,7-8,11-13H2,1-2H3,(H,27,30). The normalized spacial score (nSPS) is 31.1. The third-order valence-electron chi connectivity index (χ3n) is 7.77. The highest BCUT2D eigenvalue weighted by molar-refractivity contribution is 6.09. The predicted octanol–water partition coefficient (Wildman–Crippen LogP) is 3.63. The van der Waals surface area contributed by atoms with E-state index in [4.69, 9.17) is 0 Å². The van der Waals surface area contributed by atoms with Crippen molar-refractivity contribution in [1.82, 2.24) is 9.88 Å². The number of rotatable bonds is 5. The predicted molar refractivity (Wildman–Crippen MR) is 114 cm³/mol. The molecular weight excluding hydrogens is 395 g/mol. The molecule has 0 saturated heterocycles. The van der Waals surface area contributed by atoms with Crippen molar-refractivity contribution < 1.29 is 19.1 Å². The summed E-state index contributed by atoms with van der Waals surface area (Å²) >= 11 is 0. The smallest absolute Gasteiger partial charge is 0.268 e. The summed E-state index contributed by atoms with van der Waals surface area (Å²) in [4.78, 5) is 26.4. The largest absolute Gasteiger partial charge is 0.390 e. The molecule has 4 aliphatic rings. The number of nitrogens with one attached hydrogen (secondary N) is 1. The average Bonchev–Trinajstić information content (AvgIpc) is 3.05. The van der Waals surface area contributed by atoms with Gasteiger partial charge in [-0.25, -0.2) is 4.39 Å². The van der Waals surface area contributed by atoms with Gasteiger partial charge in [0.2, 0.25) is 5.78 Å². The van der Waals surface area contributed by atoms with E-state index in [1.807, 2.05) is 6.92 Å². The summed E-state index contributed by atoms with van der Waals surface area (Å²) in [6, 6.07) is 7.45. The number of carbonyl (C=O) groups is 2. The molecule has 31 heavy (non-hydrogen) atoms. The van der Waals surface area contributed by atoms with Crippen LogP contribution in [-0.2, 0) is 13.5 Å². The van der Waals surface area contributed by atoms with E-state index in [2.05, 4.69) is 5.32 Å². The molecule has 4 fully saturated rings. The Bertz CT molecular complexity index is 1040. The lowest BCUT2D eigenvalue weighted by molar-refractivity contribution is -0.137. The lowest BCUT2D eigenvalue weighted by atomic mass is 9.52. The van der Waals surface area contributed by atoms with E-state index >= 15 is 0 Å². The first kappa shape index (κ1) is 20.4. The molecule has 5 nitrogen and oxygen atoms in total. The van der Waals surface area contributed by atoms with Crippen molar-refractivity contribution >= 4 is 11.7 Å². The number of aliphatic hydroxyl groups is 1. The van der Waals surface area contributed by atoms with E-state index in [1.165, 1.54) is 18.2 Å². The van der Waals surface area contributed by atoms with Crippen molar-refractivity contribution in [3.05, 3.63) is 58.7 Å². The molecule has 1 aromatic carbocycles. The lowest BCUT2D eigenvalue weighted by Crippen LogP contribution is -2.61. The molecule has 1 heterocycles. The Morgan fingerprint density at radius 3 is 2.52 bits per heavy atom. The summed E-state index contributed by atoms with van der Waals surface area (Å²) in [7, 11) is 1.72. The minimum atomic E-state index is -0.540. The summed E-state index contributed by atoms with van der Waals surface area (Å²) in [6.45, 7) is 1.96. The maximum atomic E-state index is 13.6. The first-order valence-electron chi connectivity index (χ1n) is 11.3. The number of halogens is 1. The minimum absolute atomic E-state index is 0.0753. The van der Waals surface area contributed by atoms with Gasteiger partial charge in [-0.3, -0.25) is 9.59 Å². The van der Waals surface area contributed by atoms with Crippen molar-refractivity contribution in [1.29, 1.82) is 0 Å². The molecule has 4 aliphatic carbocycles. The zero-order valence-electron chi connectivity index (χ0n) is 18.0. The van der Waals surface area contributed by atoms with E-state index < -0.39 is 11.4 Å². The molecule has 0 aliphatic heterocycles. The summed E-state index contributed by atoms with van der Waals surface area (Å²) in [5.41, 5.74) is 1.41. The van der Waals surface area contributed by atoms with Gasteiger partial charge in [-0.2, -0.15) is 0 Å². The number of aromatic nitrogens is 1. The summed E-state index contributed by atoms with van der Waals surface area (Å²) in [5.74, 6) is 0.289. The number of hydrogen-bond acceptors (Lipinski definition) is 3. The van der Waals surface area contributed by atoms with Crippen molar-refractivity contribution in [2.45, 2.75) is 57.1 Å². The topological polar surface area (TPSA) is 71.3 Å². The molecule has 0 spiro atoms. The van der Waals surface area contributed by atoms with Gasteiger partial charge in [0.25, 0.3) is 5.91 Å². The van der Waals surface area contributed by atoms with Gasteiger partial charge in [0.15, 0.2) is 0 Å². The van der Waals surface area contributed by atoms with Crippen molar-refractivity contribution in [3.8, 4) is 0 Å². The Hall–Kier alpha value is -2.47. The zero-order valence-corrected chi connectivity index (χ0v) is 18.0. The average molecular weight is 425 g/mol. The van der Waals surface area contributed by atoms with Crippen LogP contribution in [0.2, 0.25) is 0 Å². The number of aryl methyl sites for hydroxylation is 1. The molecule has 2 aromatic rings. The maximum absolute atomic E-state index is 13.6. The number of ketones is 1. The molecule has 6 rings (SSSR count). The van der Waals surface area contributed by atoms with Crippen LogP contribution in [-0.4, -0.2) is 33.0 Å². The lowest BCUT2D eigenvalue weighted by Gasteiger charge is -2.58. The number of carbonyl (C=O) groups excluding carboxylic acids is 2. The third-order valence-corrected chi connectivity index (χ3v) is 7.77. The number of nitrogens with zero attached hydrogens (tertiary/aromatic N) is 1.